The van der Waals surface area contributed by atoms with Crippen LogP contribution in [0.2, 0.25) is 0 Å². The molecule has 1 atom stereocenters. The van der Waals surface area contributed by atoms with Crippen molar-refractivity contribution < 1.29 is 19.4 Å². The molecule has 0 aliphatic carbocycles. The van der Waals surface area contributed by atoms with Gasteiger partial charge in [0.2, 0.25) is 0 Å². The summed E-state index contributed by atoms with van der Waals surface area (Å²) in [6.45, 7) is 4.62. The van der Waals surface area contributed by atoms with Crippen LogP contribution in [0.15, 0.2) is 84.9 Å². The molecule has 5 nitrogen and oxygen atoms in total. The fourth-order valence-corrected chi connectivity index (χ4v) is 3.86. The van der Waals surface area contributed by atoms with E-state index >= 15 is 0 Å². The maximum Gasteiger partial charge on any atom is 0.326 e. The van der Waals surface area contributed by atoms with Gasteiger partial charge in [-0.15, -0.1) is 0 Å². The monoisotopic (exact) mass is 453 g/mol. The Morgan fingerprint density at radius 1 is 0.882 bits per heavy atom. The molecule has 0 radical (unpaired) electrons. The van der Waals surface area contributed by atoms with Crippen LogP contribution in [0.1, 0.15) is 32.6 Å². The van der Waals surface area contributed by atoms with E-state index in [1.54, 1.807) is 12.1 Å². The van der Waals surface area contributed by atoms with Crippen molar-refractivity contribution in [2.45, 2.75) is 32.9 Å². The van der Waals surface area contributed by atoms with Gasteiger partial charge in [0.1, 0.15) is 18.4 Å². The van der Waals surface area contributed by atoms with Gasteiger partial charge in [-0.3, -0.25) is 4.79 Å². The predicted octanol–water partition coefficient (Wildman–Crippen LogP) is 5.46. The van der Waals surface area contributed by atoms with Gasteiger partial charge < -0.3 is 15.2 Å². The number of carbonyl (C=O) groups excluding carboxylic acids is 1. The van der Waals surface area contributed by atoms with Crippen LogP contribution in [0.3, 0.4) is 0 Å². The number of carbonyl (C=O) groups is 2. The van der Waals surface area contributed by atoms with Gasteiger partial charge in [-0.2, -0.15) is 0 Å². The molecule has 1 amide bonds. The SMILES string of the molecule is Cc1ccc(C)c(COc2ccc3cc(C(=O)NC(Cc4ccccc4)C(=O)O)ccc3c2)c1. The van der Waals surface area contributed by atoms with E-state index in [-0.39, 0.29) is 6.42 Å². The smallest absolute Gasteiger partial charge is 0.326 e. The lowest BCUT2D eigenvalue weighted by Gasteiger charge is -2.15. The first-order chi connectivity index (χ1) is 16.4. The highest BCUT2D eigenvalue weighted by Crippen LogP contribution is 2.24. The minimum Gasteiger partial charge on any atom is -0.489 e. The van der Waals surface area contributed by atoms with Gasteiger partial charge in [0.15, 0.2) is 0 Å². The topological polar surface area (TPSA) is 75.6 Å². The summed E-state index contributed by atoms with van der Waals surface area (Å²) in [5.41, 5.74) is 4.80. The summed E-state index contributed by atoms with van der Waals surface area (Å²) in [7, 11) is 0. The summed E-state index contributed by atoms with van der Waals surface area (Å²) in [6.07, 6.45) is 0.219. The van der Waals surface area contributed by atoms with E-state index in [1.807, 2.05) is 54.6 Å². The van der Waals surface area contributed by atoms with Gasteiger partial charge in [-0.05, 0) is 65.6 Å². The number of nitrogens with one attached hydrogen (secondary N) is 1. The van der Waals surface area contributed by atoms with Crippen molar-refractivity contribution in [3.63, 3.8) is 0 Å². The highest BCUT2D eigenvalue weighted by molar-refractivity contribution is 6.00. The van der Waals surface area contributed by atoms with Crippen molar-refractivity contribution in [1.29, 1.82) is 0 Å². The normalized spacial score (nSPS) is 11.7. The predicted molar refractivity (Wildman–Crippen MR) is 133 cm³/mol. The van der Waals surface area contributed by atoms with Gasteiger partial charge in [-0.25, -0.2) is 4.79 Å². The maximum atomic E-state index is 12.8. The van der Waals surface area contributed by atoms with Crippen molar-refractivity contribution in [3.05, 3.63) is 113 Å². The number of amides is 1. The van der Waals surface area contributed by atoms with Gasteiger partial charge in [0.25, 0.3) is 5.91 Å². The molecule has 0 spiro atoms. The van der Waals surface area contributed by atoms with E-state index in [0.717, 1.165) is 27.6 Å². The highest BCUT2D eigenvalue weighted by atomic mass is 16.5. The first kappa shape index (κ1) is 23.1. The van der Waals surface area contributed by atoms with E-state index in [0.29, 0.717) is 12.2 Å². The van der Waals surface area contributed by atoms with Crippen LogP contribution in [-0.4, -0.2) is 23.0 Å². The molecule has 172 valence electrons. The number of carboxylic acid groups (broad SMARTS) is 1. The molecule has 4 aromatic rings. The number of benzene rings is 4. The van der Waals surface area contributed by atoms with Crippen LogP contribution in [0.5, 0.6) is 5.75 Å². The molecule has 0 saturated carbocycles. The first-order valence-electron chi connectivity index (χ1n) is 11.2. The molecule has 0 aliphatic rings. The lowest BCUT2D eigenvalue weighted by atomic mass is 10.0. The second kappa shape index (κ2) is 10.2. The molecule has 0 bridgehead atoms. The number of aliphatic carboxylic acids is 1. The third-order valence-corrected chi connectivity index (χ3v) is 5.86. The third kappa shape index (κ3) is 5.62. The molecule has 0 saturated heterocycles. The number of hydrogen-bond acceptors (Lipinski definition) is 3. The number of ether oxygens (including phenoxy) is 1. The number of carboxylic acids is 1. The van der Waals surface area contributed by atoms with Crippen LogP contribution < -0.4 is 10.1 Å². The lowest BCUT2D eigenvalue weighted by molar-refractivity contribution is -0.139. The number of fused-ring (bicyclic) bond motifs is 1. The molecule has 34 heavy (non-hydrogen) atoms. The van der Waals surface area contributed by atoms with Crippen LogP contribution in [0, 0.1) is 13.8 Å². The molecular weight excluding hydrogens is 426 g/mol. The first-order valence-corrected chi connectivity index (χ1v) is 11.2. The Kier molecular flexibility index (Phi) is 6.93. The maximum absolute atomic E-state index is 12.8. The quantitative estimate of drug-likeness (QED) is 0.371. The Hall–Kier alpha value is -4.12. The third-order valence-electron chi connectivity index (χ3n) is 5.86. The Morgan fingerprint density at radius 3 is 2.38 bits per heavy atom. The van der Waals surface area contributed by atoms with E-state index in [4.69, 9.17) is 4.74 Å². The van der Waals surface area contributed by atoms with Crippen molar-refractivity contribution in [2.75, 3.05) is 0 Å². The second-order valence-corrected chi connectivity index (χ2v) is 8.50. The average molecular weight is 454 g/mol. The molecule has 2 N–H and O–H groups in total. The minimum absolute atomic E-state index is 0.219. The van der Waals surface area contributed by atoms with Crippen LogP contribution in [0.4, 0.5) is 0 Å². The molecule has 0 heterocycles. The molecule has 4 aromatic carbocycles. The summed E-state index contributed by atoms with van der Waals surface area (Å²) in [5.74, 6) is -0.733. The summed E-state index contributed by atoms with van der Waals surface area (Å²) in [6, 6.07) is 25.6. The van der Waals surface area contributed by atoms with Gasteiger partial charge in [0, 0.05) is 12.0 Å². The molecule has 0 fully saturated rings. The summed E-state index contributed by atoms with van der Waals surface area (Å²) in [4.78, 5) is 24.5. The Bertz CT molecular complexity index is 1330. The molecule has 0 aromatic heterocycles. The summed E-state index contributed by atoms with van der Waals surface area (Å²) < 4.78 is 6.00. The fourth-order valence-electron chi connectivity index (χ4n) is 3.86. The molecule has 5 heteroatoms. The minimum atomic E-state index is -1.07. The van der Waals surface area contributed by atoms with E-state index in [9.17, 15) is 14.7 Å². The van der Waals surface area contributed by atoms with Crippen molar-refractivity contribution in [2.24, 2.45) is 0 Å². The zero-order chi connectivity index (χ0) is 24.1. The van der Waals surface area contributed by atoms with Crippen molar-refractivity contribution in [1.82, 2.24) is 5.32 Å². The van der Waals surface area contributed by atoms with Gasteiger partial charge in [-0.1, -0.05) is 66.2 Å². The summed E-state index contributed by atoms with van der Waals surface area (Å²) >= 11 is 0. The van der Waals surface area contributed by atoms with E-state index < -0.39 is 17.9 Å². The van der Waals surface area contributed by atoms with Crippen LogP contribution in [-0.2, 0) is 17.8 Å². The zero-order valence-corrected chi connectivity index (χ0v) is 19.2. The number of hydrogen-bond donors (Lipinski definition) is 2. The van der Waals surface area contributed by atoms with E-state index in [2.05, 4.69) is 37.4 Å². The number of aryl methyl sites for hydroxylation is 2. The second-order valence-electron chi connectivity index (χ2n) is 8.50. The average Bonchev–Trinajstić information content (AvgIpc) is 2.84. The van der Waals surface area contributed by atoms with Crippen LogP contribution in [0.25, 0.3) is 10.8 Å². The Morgan fingerprint density at radius 2 is 1.62 bits per heavy atom. The Balaban J connectivity index is 1.45. The fraction of sp³-hybridized carbons (Fsp3) is 0.172. The van der Waals surface area contributed by atoms with Gasteiger partial charge >= 0.3 is 5.97 Å². The largest absolute Gasteiger partial charge is 0.489 e. The standard InChI is InChI=1S/C29H27NO4/c1-19-8-9-20(2)25(14-19)18-34-26-13-12-22-16-24(11-10-23(22)17-26)28(31)30-27(29(32)33)15-21-6-4-3-5-7-21/h3-14,16-17,27H,15,18H2,1-2H3,(H,30,31)(H,32,33). The molecule has 0 aliphatic heterocycles. The lowest BCUT2D eigenvalue weighted by Crippen LogP contribution is -2.42. The number of rotatable bonds is 8. The molecular formula is C29H27NO4. The molecule has 1 unspecified atom stereocenters. The van der Waals surface area contributed by atoms with Crippen LogP contribution >= 0.6 is 0 Å². The zero-order valence-electron chi connectivity index (χ0n) is 19.2. The summed E-state index contributed by atoms with van der Waals surface area (Å²) in [5, 5.41) is 14.0. The van der Waals surface area contributed by atoms with Crippen molar-refractivity contribution >= 4 is 22.6 Å². The van der Waals surface area contributed by atoms with E-state index in [1.165, 1.54) is 11.1 Å². The highest BCUT2D eigenvalue weighted by Gasteiger charge is 2.21. The molecule has 4 rings (SSSR count). The van der Waals surface area contributed by atoms with Crippen molar-refractivity contribution in [3.8, 4) is 5.75 Å². The van der Waals surface area contributed by atoms with Gasteiger partial charge in [0.05, 0.1) is 0 Å². The Labute approximate surface area is 199 Å².